The second kappa shape index (κ2) is 6.36. The highest BCUT2D eigenvalue weighted by atomic mass is 16.6. The first-order chi connectivity index (χ1) is 10.6. The molecule has 3 rings (SSSR count). The molecule has 1 spiro atoms. The summed E-state index contributed by atoms with van der Waals surface area (Å²) in [5, 5.41) is 4.22. The maximum atomic E-state index is 11.8. The number of hydrogen-bond acceptors (Lipinski definition) is 5. The van der Waals surface area contributed by atoms with Crippen LogP contribution in [0.5, 0.6) is 0 Å². The third-order valence-corrected chi connectivity index (χ3v) is 4.31. The lowest BCUT2D eigenvalue weighted by atomic mass is 10.0. The molecule has 2 aliphatic heterocycles. The fourth-order valence-corrected chi connectivity index (χ4v) is 3.19. The van der Waals surface area contributed by atoms with E-state index in [1.807, 2.05) is 35.9 Å². The monoisotopic (exact) mass is 308 g/mol. The summed E-state index contributed by atoms with van der Waals surface area (Å²) in [5.41, 5.74) is 0.765. The summed E-state index contributed by atoms with van der Waals surface area (Å²) in [6.45, 7) is 7.15. The lowest BCUT2D eigenvalue weighted by Gasteiger charge is -2.42. The fraction of sp³-hybridized carbons (Fsp3) is 0.733. The van der Waals surface area contributed by atoms with Gasteiger partial charge in [-0.2, -0.15) is 5.10 Å². The molecule has 0 saturated carbocycles. The van der Waals surface area contributed by atoms with Crippen molar-refractivity contribution in [3.63, 3.8) is 0 Å². The molecule has 122 valence electrons. The van der Waals surface area contributed by atoms with E-state index in [0.717, 1.165) is 19.6 Å². The van der Waals surface area contributed by atoms with Gasteiger partial charge in [0.2, 0.25) is 5.91 Å². The van der Waals surface area contributed by atoms with Crippen molar-refractivity contribution in [3.05, 3.63) is 18.0 Å². The van der Waals surface area contributed by atoms with Crippen LogP contribution in [0.4, 0.5) is 0 Å². The van der Waals surface area contributed by atoms with Gasteiger partial charge in [-0.15, -0.1) is 0 Å². The van der Waals surface area contributed by atoms with Gasteiger partial charge in [0.25, 0.3) is 0 Å². The molecule has 2 saturated heterocycles. The topological polar surface area (TPSA) is 59.8 Å². The highest BCUT2D eigenvalue weighted by molar-refractivity contribution is 5.78. The average Bonchev–Trinajstić information content (AvgIpc) is 2.80. The standard InChI is InChI=1S/C15H24N4O3/c1-3-19-11-15(22-9-14(19)20)10-18(4-5-21-12-15)8-13-6-16-17(2)7-13/h6-7H,3-5,8-12H2,1-2H3. The number of nitrogens with zero attached hydrogens (tertiary/aromatic N) is 4. The van der Waals surface area contributed by atoms with E-state index in [1.54, 1.807) is 0 Å². The molecular formula is C15H24N4O3. The summed E-state index contributed by atoms with van der Waals surface area (Å²) in [4.78, 5) is 16.0. The van der Waals surface area contributed by atoms with Crippen LogP contribution < -0.4 is 0 Å². The van der Waals surface area contributed by atoms with E-state index in [9.17, 15) is 4.79 Å². The van der Waals surface area contributed by atoms with Crippen molar-refractivity contribution < 1.29 is 14.3 Å². The first-order valence-corrected chi connectivity index (χ1v) is 7.79. The molecule has 22 heavy (non-hydrogen) atoms. The summed E-state index contributed by atoms with van der Waals surface area (Å²) >= 11 is 0. The summed E-state index contributed by atoms with van der Waals surface area (Å²) in [5.74, 6) is 0.0659. The molecule has 0 radical (unpaired) electrons. The van der Waals surface area contributed by atoms with Crippen molar-refractivity contribution in [3.8, 4) is 0 Å². The van der Waals surface area contributed by atoms with E-state index in [4.69, 9.17) is 9.47 Å². The van der Waals surface area contributed by atoms with Gasteiger partial charge in [-0.05, 0) is 6.92 Å². The van der Waals surface area contributed by atoms with Gasteiger partial charge in [-0.25, -0.2) is 0 Å². The minimum absolute atomic E-state index is 0.0659. The summed E-state index contributed by atoms with van der Waals surface area (Å²) in [7, 11) is 1.92. The van der Waals surface area contributed by atoms with Crippen molar-refractivity contribution >= 4 is 5.91 Å². The number of likely N-dealkylation sites (N-methyl/N-ethyl adjacent to an activating group) is 1. The van der Waals surface area contributed by atoms with E-state index in [-0.39, 0.29) is 12.5 Å². The molecule has 1 atom stereocenters. The Kier molecular flexibility index (Phi) is 4.46. The lowest BCUT2D eigenvalue weighted by Crippen LogP contribution is -2.60. The second-order valence-electron chi connectivity index (χ2n) is 6.17. The molecule has 0 N–H and O–H groups in total. The zero-order valence-electron chi connectivity index (χ0n) is 13.3. The molecule has 2 aliphatic rings. The number of ether oxygens (including phenoxy) is 2. The van der Waals surface area contributed by atoms with E-state index in [0.29, 0.717) is 26.3 Å². The Labute approximate surface area is 130 Å². The number of morpholine rings is 1. The van der Waals surface area contributed by atoms with E-state index < -0.39 is 5.60 Å². The summed E-state index contributed by atoms with van der Waals surface area (Å²) in [6, 6.07) is 0. The van der Waals surface area contributed by atoms with Crippen LogP contribution in [0.1, 0.15) is 12.5 Å². The molecule has 0 aromatic carbocycles. The zero-order chi connectivity index (χ0) is 15.6. The van der Waals surface area contributed by atoms with Crippen LogP contribution in [0.3, 0.4) is 0 Å². The molecule has 0 bridgehead atoms. The predicted octanol–water partition coefficient (Wildman–Crippen LogP) is -0.130. The molecule has 1 unspecified atom stereocenters. The first-order valence-electron chi connectivity index (χ1n) is 7.79. The zero-order valence-corrected chi connectivity index (χ0v) is 13.3. The third-order valence-electron chi connectivity index (χ3n) is 4.31. The highest BCUT2D eigenvalue weighted by Gasteiger charge is 2.42. The molecule has 7 nitrogen and oxygen atoms in total. The van der Waals surface area contributed by atoms with Crippen LogP contribution in [0, 0.1) is 0 Å². The van der Waals surface area contributed by atoms with Crippen LogP contribution in [0.15, 0.2) is 12.4 Å². The molecular weight excluding hydrogens is 284 g/mol. The number of rotatable bonds is 3. The van der Waals surface area contributed by atoms with Crippen LogP contribution >= 0.6 is 0 Å². The van der Waals surface area contributed by atoms with Gasteiger partial charge in [0.15, 0.2) is 0 Å². The molecule has 7 heteroatoms. The Hall–Kier alpha value is -1.44. The third kappa shape index (κ3) is 3.31. The van der Waals surface area contributed by atoms with Crippen molar-refractivity contribution in [2.24, 2.45) is 7.05 Å². The Bertz CT molecular complexity index is 533. The van der Waals surface area contributed by atoms with Gasteiger partial charge in [-0.3, -0.25) is 14.4 Å². The Morgan fingerprint density at radius 2 is 2.27 bits per heavy atom. The van der Waals surface area contributed by atoms with Crippen LogP contribution in [0.25, 0.3) is 0 Å². The number of aryl methyl sites for hydroxylation is 1. The van der Waals surface area contributed by atoms with E-state index >= 15 is 0 Å². The van der Waals surface area contributed by atoms with Crippen molar-refractivity contribution in [2.75, 3.05) is 46.0 Å². The normalized spacial score (nSPS) is 27.4. The molecule has 3 heterocycles. The molecule has 1 amide bonds. The number of hydrogen-bond donors (Lipinski definition) is 0. The predicted molar refractivity (Wildman–Crippen MR) is 80.2 cm³/mol. The number of carbonyl (C=O) groups is 1. The minimum atomic E-state index is -0.414. The van der Waals surface area contributed by atoms with Crippen LogP contribution in [0.2, 0.25) is 0 Å². The van der Waals surface area contributed by atoms with Crippen molar-refractivity contribution in [1.82, 2.24) is 19.6 Å². The van der Waals surface area contributed by atoms with Crippen LogP contribution in [-0.4, -0.2) is 77.1 Å². The van der Waals surface area contributed by atoms with Gasteiger partial charge in [0, 0.05) is 45.0 Å². The van der Waals surface area contributed by atoms with Gasteiger partial charge in [0.1, 0.15) is 12.2 Å². The largest absolute Gasteiger partial charge is 0.377 e. The maximum absolute atomic E-state index is 11.8. The number of amides is 1. The molecule has 1 aromatic rings. The number of carbonyl (C=O) groups excluding carboxylic acids is 1. The second-order valence-corrected chi connectivity index (χ2v) is 6.17. The summed E-state index contributed by atoms with van der Waals surface area (Å²) < 4.78 is 13.5. The highest BCUT2D eigenvalue weighted by Crippen LogP contribution is 2.24. The molecule has 2 fully saturated rings. The van der Waals surface area contributed by atoms with Gasteiger partial charge in [-0.1, -0.05) is 0 Å². The summed E-state index contributed by atoms with van der Waals surface area (Å²) in [6.07, 6.45) is 3.92. The van der Waals surface area contributed by atoms with Gasteiger partial charge < -0.3 is 14.4 Å². The van der Waals surface area contributed by atoms with Crippen molar-refractivity contribution in [2.45, 2.75) is 19.1 Å². The van der Waals surface area contributed by atoms with Crippen LogP contribution in [-0.2, 0) is 27.9 Å². The first kappa shape index (κ1) is 15.5. The van der Waals surface area contributed by atoms with E-state index in [2.05, 4.69) is 10.00 Å². The quantitative estimate of drug-likeness (QED) is 0.778. The lowest BCUT2D eigenvalue weighted by molar-refractivity contribution is -0.172. The smallest absolute Gasteiger partial charge is 0.248 e. The fourth-order valence-electron chi connectivity index (χ4n) is 3.19. The van der Waals surface area contributed by atoms with Gasteiger partial charge >= 0.3 is 0 Å². The molecule has 1 aromatic heterocycles. The Morgan fingerprint density at radius 3 is 3.00 bits per heavy atom. The number of aromatic nitrogens is 2. The minimum Gasteiger partial charge on any atom is -0.377 e. The van der Waals surface area contributed by atoms with Gasteiger partial charge in [0.05, 0.1) is 26.0 Å². The average molecular weight is 308 g/mol. The SMILES string of the molecule is CCN1CC2(COCCN(Cc3cnn(C)c3)C2)OCC1=O. The van der Waals surface area contributed by atoms with Crippen molar-refractivity contribution in [1.29, 1.82) is 0 Å². The Balaban J connectivity index is 1.70. The molecule has 0 aliphatic carbocycles. The Morgan fingerprint density at radius 1 is 1.41 bits per heavy atom. The maximum Gasteiger partial charge on any atom is 0.248 e. The van der Waals surface area contributed by atoms with E-state index in [1.165, 1.54) is 5.56 Å².